The largest absolute Gasteiger partial charge is 0.488 e. The van der Waals surface area contributed by atoms with Crippen molar-refractivity contribution in [3.63, 3.8) is 0 Å². The third-order valence-electron chi connectivity index (χ3n) is 4.54. The molecule has 2 heterocycles. The number of carbonyl (C=O) groups excluding carboxylic acids is 1. The number of rotatable bonds is 3. The Balaban J connectivity index is 1.50. The quantitative estimate of drug-likeness (QED) is 0.800. The zero-order valence-electron chi connectivity index (χ0n) is 12.8. The summed E-state index contributed by atoms with van der Waals surface area (Å²) in [5.41, 5.74) is 2.61. The molecule has 1 aromatic rings. The fraction of sp³-hybridized carbons (Fsp3) is 0.588. The molecule has 3 rings (SSSR count). The number of benzene rings is 1. The molecule has 21 heavy (non-hydrogen) atoms. The Morgan fingerprint density at radius 1 is 1.38 bits per heavy atom. The van der Waals surface area contributed by atoms with Crippen LogP contribution >= 0.6 is 0 Å². The number of ether oxygens (including phenoxy) is 2. The van der Waals surface area contributed by atoms with Crippen LogP contribution in [0, 0.1) is 12.8 Å². The van der Waals surface area contributed by atoms with Gasteiger partial charge in [0.1, 0.15) is 11.9 Å². The number of hydrogen-bond donors (Lipinski definition) is 0. The van der Waals surface area contributed by atoms with Crippen molar-refractivity contribution in [1.29, 1.82) is 0 Å². The molecule has 0 aromatic heterocycles. The molecule has 4 heteroatoms. The monoisotopic (exact) mass is 289 g/mol. The summed E-state index contributed by atoms with van der Waals surface area (Å²) < 4.78 is 10.9. The van der Waals surface area contributed by atoms with Gasteiger partial charge in [-0.1, -0.05) is 17.7 Å². The van der Waals surface area contributed by atoms with Gasteiger partial charge in [0.25, 0.3) is 0 Å². The van der Waals surface area contributed by atoms with Gasteiger partial charge in [-0.2, -0.15) is 0 Å². The smallest absolute Gasteiger partial charge is 0.308 e. The highest BCUT2D eigenvalue weighted by Gasteiger charge is 2.29. The Hall–Kier alpha value is -1.55. The third-order valence-corrected chi connectivity index (χ3v) is 4.54. The van der Waals surface area contributed by atoms with Gasteiger partial charge in [0.05, 0.1) is 13.0 Å². The van der Waals surface area contributed by atoms with E-state index in [-0.39, 0.29) is 18.0 Å². The molecular formula is C17H23NO3. The van der Waals surface area contributed by atoms with Gasteiger partial charge in [0.2, 0.25) is 0 Å². The average molecular weight is 289 g/mol. The zero-order chi connectivity index (χ0) is 14.8. The van der Waals surface area contributed by atoms with Crippen molar-refractivity contribution < 1.29 is 14.3 Å². The number of likely N-dealkylation sites (tertiary alicyclic amines) is 1. The molecular weight excluding hydrogens is 266 g/mol. The summed E-state index contributed by atoms with van der Waals surface area (Å²) in [6, 6.07) is 6.40. The third kappa shape index (κ3) is 3.21. The van der Waals surface area contributed by atoms with Gasteiger partial charge in [-0.15, -0.1) is 0 Å². The molecule has 0 N–H and O–H groups in total. The van der Waals surface area contributed by atoms with Gasteiger partial charge in [-0.3, -0.25) is 9.69 Å². The first kappa shape index (κ1) is 14.4. The summed E-state index contributed by atoms with van der Waals surface area (Å²) in [7, 11) is 1.47. The van der Waals surface area contributed by atoms with Crippen LogP contribution in [-0.2, 0) is 16.0 Å². The SMILES string of the molecule is COC(=O)C1CCN(CC2Cc3cc(C)ccc3O2)CC1. The summed E-state index contributed by atoms with van der Waals surface area (Å²) in [5.74, 6) is 1.06. The molecule has 0 spiro atoms. The molecule has 0 amide bonds. The van der Waals surface area contributed by atoms with E-state index in [0.717, 1.165) is 44.6 Å². The fourth-order valence-corrected chi connectivity index (χ4v) is 3.36. The molecule has 1 aromatic carbocycles. The second-order valence-electron chi connectivity index (χ2n) is 6.15. The maximum Gasteiger partial charge on any atom is 0.308 e. The van der Waals surface area contributed by atoms with Crippen molar-refractivity contribution in [1.82, 2.24) is 4.90 Å². The van der Waals surface area contributed by atoms with Crippen molar-refractivity contribution in [3.8, 4) is 5.75 Å². The van der Waals surface area contributed by atoms with Gasteiger partial charge >= 0.3 is 5.97 Å². The lowest BCUT2D eigenvalue weighted by molar-refractivity contribution is -0.147. The van der Waals surface area contributed by atoms with Crippen molar-refractivity contribution in [2.24, 2.45) is 5.92 Å². The molecule has 0 radical (unpaired) electrons. The molecule has 2 aliphatic rings. The molecule has 114 valence electrons. The Morgan fingerprint density at radius 3 is 2.86 bits per heavy atom. The van der Waals surface area contributed by atoms with E-state index in [4.69, 9.17) is 9.47 Å². The van der Waals surface area contributed by atoms with Crippen molar-refractivity contribution in [3.05, 3.63) is 29.3 Å². The molecule has 1 unspecified atom stereocenters. The minimum atomic E-state index is -0.0605. The first-order valence-corrected chi connectivity index (χ1v) is 7.72. The van der Waals surface area contributed by atoms with Crippen molar-refractivity contribution in [2.75, 3.05) is 26.7 Å². The summed E-state index contributed by atoms with van der Waals surface area (Å²) in [5, 5.41) is 0. The van der Waals surface area contributed by atoms with Crippen LogP contribution in [0.25, 0.3) is 0 Å². The second-order valence-corrected chi connectivity index (χ2v) is 6.15. The van der Waals surface area contributed by atoms with Crippen molar-refractivity contribution >= 4 is 5.97 Å². The van der Waals surface area contributed by atoms with Crippen LogP contribution < -0.4 is 4.74 Å². The molecule has 1 fully saturated rings. The molecule has 2 aliphatic heterocycles. The highest BCUT2D eigenvalue weighted by atomic mass is 16.5. The molecule has 0 aliphatic carbocycles. The van der Waals surface area contributed by atoms with E-state index in [1.54, 1.807) is 0 Å². The lowest BCUT2D eigenvalue weighted by atomic mass is 9.96. The highest BCUT2D eigenvalue weighted by molar-refractivity contribution is 5.72. The van der Waals surface area contributed by atoms with Crippen LogP contribution in [0.4, 0.5) is 0 Å². The Kier molecular flexibility index (Phi) is 4.15. The number of aryl methyl sites for hydroxylation is 1. The molecule has 4 nitrogen and oxygen atoms in total. The van der Waals surface area contributed by atoms with E-state index < -0.39 is 0 Å². The highest BCUT2D eigenvalue weighted by Crippen LogP contribution is 2.30. The van der Waals surface area contributed by atoms with Crippen LogP contribution in [0.3, 0.4) is 0 Å². The van der Waals surface area contributed by atoms with E-state index in [9.17, 15) is 4.79 Å². The minimum Gasteiger partial charge on any atom is -0.488 e. The molecule has 0 bridgehead atoms. The summed E-state index contributed by atoms with van der Waals surface area (Å²) in [6.45, 7) is 4.97. The van der Waals surface area contributed by atoms with E-state index in [2.05, 4.69) is 30.0 Å². The standard InChI is InChI=1S/C17H23NO3/c1-12-3-4-16-14(9-12)10-15(21-16)11-18-7-5-13(6-8-18)17(19)20-2/h3-4,9,13,15H,5-8,10-11H2,1-2H3. The lowest BCUT2D eigenvalue weighted by Gasteiger charge is -2.32. The number of esters is 1. The summed E-state index contributed by atoms with van der Waals surface area (Å²) in [4.78, 5) is 13.9. The Bertz CT molecular complexity index is 521. The van der Waals surface area contributed by atoms with Crippen molar-refractivity contribution in [2.45, 2.75) is 32.3 Å². The first-order valence-electron chi connectivity index (χ1n) is 7.72. The maximum atomic E-state index is 11.5. The predicted molar refractivity (Wildman–Crippen MR) is 80.5 cm³/mol. The predicted octanol–water partition coefficient (Wildman–Crippen LogP) is 2.18. The van der Waals surface area contributed by atoms with E-state index in [1.165, 1.54) is 18.2 Å². The number of nitrogens with zero attached hydrogens (tertiary/aromatic N) is 1. The molecule has 1 saturated heterocycles. The Labute approximate surface area is 126 Å². The van der Waals surface area contributed by atoms with Crippen LogP contribution in [0.15, 0.2) is 18.2 Å². The van der Waals surface area contributed by atoms with Crippen LogP contribution in [0.2, 0.25) is 0 Å². The van der Waals surface area contributed by atoms with E-state index in [0.29, 0.717) is 0 Å². The van der Waals surface area contributed by atoms with Crippen LogP contribution in [0.5, 0.6) is 5.75 Å². The number of methoxy groups -OCH3 is 1. The Morgan fingerprint density at radius 2 is 2.14 bits per heavy atom. The van der Waals surface area contributed by atoms with Gasteiger partial charge in [-0.25, -0.2) is 0 Å². The van der Waals surface area contributed by atoms with E-state index >= 15 is 0 Å². The maximum absolute atomic E-state index is 11.5. The number of fused-ring (bicyclic) bond motifs is 1. The minimum absolute atomic E-state index is 0.0605. The number of hydrogen-bond acceptors (Lipinski definition) is 4. The summed E-state index contributed by atoms with van der Waals surface area (Å²) in [6.07, 6.45) is 3.03. The van der Waals surface area contributed by atoms with E-state index in [1.807, 2.05) is 0 Å². The van der Waals surface area contributed by atoms with Gasteiger partial charge < -0.3 is 9.47 Å². The lowest BCUT2D eigenvalue weighted by Crippen LogP contribution is -2.41. The number of piperidine rings is 1. The average Bonchev–Trinajstić information content (AvgIpc) is 2.88. The summed E-state index contributed by atoms with van der Waals surface area (Å²) >= 11 is 0. The van der Waals surface area contributed by atoms with Gasteiger partial charge in [0.15, 0.2) is 0 Å². The molecule has 0 saturated carbocycles. The zero-order valence-corrected chi connectivity index (χ0v) is 12.8. The second kappa shape index (κ2) is 6.06. The molecule has 1 atom stereocenters. The number of carbonyl (C=O) groups is 1. The van der Waals surface area contributed by atoms with Crippen LogP contribution in [-0.4, -0.2) is 43.7 Å². The van der Waals surface area contributed by atoms with Gasteiger partial charge in [0, 0.05) is 13.0 Å². The first-order chi connectivity index (χ1) is 10.2. The normalized spacial score (nSPS) is 22.7. The fourth-order valence-electron chi connectivity index (χ4n) is 3.36. The van der Waals surface area contributed by atoms with Crippen LogP contribution in [0.1, 0.15) is 24.0 Å². The van der Waals surface area contributed by atoms with Gasteiger partial charge in [-0.05, 0) is 44.5 Å². The topological polar surface area (TPSA) is 38.8 Å².